The molecule has 0 unspecified atom stereocenters. The van der Waals surface area contributed by atoms with E-state index in [-0.39, 0.29) is 18.1 Å². The van der Waals surface area contributed by atoms with Crippen molar-refractivity contribution in [2.24, 2.45) is 5.73 Å². The summed E-state index contributed by atoms with van der Waals surface area (Å²) < 4.78 is 12.8. The van der Waals surface area contributed by atoms with Crippen LogP contribution < -0.4 is 16.4 Å². The highest BCUT2D eigenvalue weighted by Crippen LogP contribution is 2.18. The first-order valence-corrected chi connectivity index (χ1v) is 4.37. The standard InChI is InChI=1S/C9H12FN3O2.ClH/c10-7-5-6(1-2-8(7)14)13-9(15)12-4-3-11;/h1-2,5,14H,3-4,11H2,(H2,12,13,15);1H. The molecular formula is C9H13ClFN3O2. The number of nitrogens with one attached hydrogen (secondary N) is 2. The topological polar surface area (TPSA) is 87.4 Å². The maximum Gasteiger partial charge on any atom is 0.319 e. The molecule has 5 nitrogen and oxygen atoms in total. The number of phenols is 1. The van der Waals surface area contributed by atoms with Gasteiger partial charge < -0.3 is 21.5 Å². The molecule has 90 valence electrons. The number of aromatic hydroxyl groups is 1. The second kappa shape index (κ2) is 6.86. The zero-order chi connectivity index (χ0) is 11.3. The van der Waals surface area contributed by atoms with Crippen LogP contribution in [0.1, 0.15) is 0 Å². The quantitative estimate of drug-likeness (QED) is 0.604. The summed E-state index contributed by atoms with van der Waals surface area (Å²) >= 11 is 0. The third-order valence-corrected chi connectivity index (χ3v) is 1.64. The van der Waals surface area contributed by atoms with Gasteiger partial charge in [-0.1, -0.05) is 0 Å². The Morgan fingerprint density at radius 3 is 2.75 bits per heavy atom. The van der Waals surface area contributed by atoms with E-state index in [4.69, 9.17) is 10.8 Å². The van der Waals surface area contributed by atoms with Crippen molar-refractivity contribution in [3.05, 3.63) is 24.0 Å². The Labute approximate surface area is 98.2 Å². The van der Waals surface area contributed by atoms with Crippen LogP contribution in [0.5, 0.6) is 5.75 Å². The summed E-state index contributed by atoms with van der Waals surface area (Å²) in [5, 5.41) is 13.7. The fraction of sp³-hybridized carbons (Fsp3) is 0.222. The second-order valence-corrected chi connectivity index (χ2v) is 2.84. The first kappa shape index (κ1) is 14.5. The monoisotopic (exact) mass is 249 g/mol. The van der Waals surface area contributed by atoms with Gasteiger partial charge in [0.2, 0.25) is 0 Å². The number of urea groups is 1. The van der Waals surface area contributed by atoms with E-state index in [1.165, 1.54) is 6.07 Å². The van der Waals surface area contributed by atoms with Gasteiger partial charge in [0, 0.05) is 24.8 Å². The zero-order valence-corrected chi connectivity index (χ0v) is 9.18. The number of nitrogens with two attached hydrogens (primary N) is 1. The number of hydrogen-bond donors (Lipinski definition) is 4. The van der Waals surface area contributed by atoms with Crippen molar-refractivity contribution in [1.82, 2.24) is 5.32 Å². The molecule has 1 aromatic carbocycles. The summed E-state index contributed by atoms with van der Waals surface area (Å²) in [7, 11) is 0. The van der Waals surface area contributed by atoms with E-state index in [2.05, 4.69) is 10.6 Å². The lowest BCUT2D eigenvalue weighted by Gasteiger charge is -2.06. The minimum absolute atomic E-state index is 0. The predicted molar refractivity (Wildman–Crippen MR) is 61.4 cm³/mol. The number of amides is 2. The average molecular weight is 250 g/mol. The van der Waals surface area contributed by atoms with Gasteiger partial charge in [0.15, 0.2) is 11.6 Å². The van der Waals surface area contributed by atoms with Gasteiger partial charge in [-0.3, -0.25) is 0 Å². The second-order valence-electron chi connectivity index (χ2n) is 2.84. The Morgan fingerprint density at radius 1 is 1.50 bits per heavy atom. The molecular weight excluding hydrogens is 237 g/mol. The summed E-state index contributed by atoms with van der Waals surface area (Å²) in [4.78, 5) is 11.1. The van der Waals surface area contributed by atoms with Crippen LogP contribution in [0.15, 0.2) is 18.2 Å². The molecule has 0 aliphatic heterocycles. The van der Waals surface area contributed by atoms with Gasteiger partial charge in [-0.25, -0.2) is 9.18 Å². The highest BCUT2D eigenvalue weighted by Gasteiger charge is 2.04. The lowest BCUT2D eigenvalue weighted by atomic mass is 10.3. The molecule has 0 atom stereocenters. The molecule has 0 heterocycles. The summed E-state index contributed by atoms with van der Waals surface area (Å²) in [5.41, 5.74) is 5.44. The Bertz CT molecular complexity index is 363. The largest absolute Gasteiger partial charge is 0.505 e. The molecule has 0 aliphatic carbocycles. The molecule has 5 N–H and O–H groups in total. The third-order valence-electron chi connectivity index (χ3n) is 1.64. The van der Waals surface area contributed by atoms with E-state index in [9.17, 15) is 9.18 Å². The Morgan fingerprint density at radius 2 is 2.19 bits per heavy atom. The van der Waals surface area contributed by atoms with E-state index in [0.29, 0.717) is 13.1 Å². The molecule has 1 rings (SSSR count). The first-order chi connectivity index (χ1) is 7.13. The molecule has 0 aromatic heterocycles. The molecule has 7 heteroatoms. The molecule has 16 heavy (non-hydrogen) atoms. The van der Waals surface area contributed by atoms with E-state index in [1.807, 2.05) is 0 Å². The smallest absolute Gasteiger partial charge is 0.319 e. The fourth-order valence-corrected chi connectivity index (χ4v) is 0.946. The number of anilines is 1. The van der Waals surface area contributed by atoms with E-state index < -0.39 is 17.6 Å². The van der Waals surface area contributed by atoms with Gasteiger partial charge in [-0.15, -0.1) is 12.4 Å². The lowest BCUT2D eigenvalue weighted by Crippen LogP contribution is -2.32. The summed E-state index contributed by atoms with van der Waals surface area (Å²) in [6.07, 6.45) is 0. The summed E-state index contributed by atoms with van der Waals surface area (Å²) in [6, 6.07) is 3.11. The third kappa shape index (κ3) is 4.33. The van der Waals surface area contributed by atoms with Gasteiger partial charge in [0.25, 0.3) is 0 Å². The van der Waals surface area contributed by atoms with Crippen LogP contribution in [0.3, 0.4) is 0 Å². The summed E-state index contributed by atoms with van der Waals surface area (Å²) in [6.45, 7) is 0.670. The molecule has 0 bridgehead atoms. The van der Waals surface area contributed by atoms with Crippen molar-refractivity contribution in [3.8, 4) is 5.75 Å². The number of phenolic OH excluding ortho intramolecular Hbond substituents is 1. The van der Waals surface area contributed by atoms with Crippen molar-refractivity contribution >= 4 is 24.1 Å². The van der Waals surface area contributed by atoms with Crippen LogP contribution in [0.25, 0.3) is 0 Å². The number of carbonyl (C=O) groups is 1. The number of benzene rings is 1. The minimum atomic E-state index is -0.786. The van der Waals surface area contributed by atoms with Gasteiger partial charge in [-0.05, 0) is 12.1 Å². The maximum atomic E-state index is 12.8. The minimum Gasteiger partial charge on any atom is -0.505 e. The van der Waals surface area contributed by atoms with Crippen LogP contribution >= 0.6 is 12.4 Å². The van der Waals surface area contributed by atoms with Gasteiger partial charge in [0.1, 0.15) is 0 Å². The molecule has 0 saturated heterocycles. The van der Waals surface area contributed by atoms with Gasteiger partial charge in [0.05, 0.1) is 0 Å². The van der Waals surface area contributed by atoms with Crippen molar-refractivity contribution in [2.75, 3.05) is 18.4 Å². The molecule has 0 aliphatic rings. The van der Waals surface area contributed by atoms with Crippen LogP contribution in [0.2, 0.25) is 0 Å². The Kier molecular flexibility index (Phi) is 6.21. The van der Waals surface area contributed by atoms with E-state index in [0.717, 1.165) is 12.1 Å². The van der Waals surface area contributed by atoms with Crippen molar-refractivity contribution in [2.45, 2.75) is 0 Å². The molecule has 0 radical (unpaired) electrons. The Balaban J connectivity index is 0.00000225. The van der Waals surface area contributed by atoms with Crippen LogP contribution in [0, 0.1) is 5.82 Å². The highest BCUT2D eigenvalue weighted by molar-refractivity contribution is 5.89. The van der Waals surface area contributed by atoms with Crippen LogP contribution in [0.4, 0.5) is 14.9 Å². The van der Waals surface area contributed by atoms with Crippen molar-refractivity contribution in [3.63, 3.8) is 0 Å². The molecule has 2 amide bonds. The SMILES string of the molecule is Cl.NCCNC(=O)Nc1ccc(O)c(F)c1. The van der Waals surface area contributed by atoms with Crippen molar-refractivity contribution < 1.29 is 14.3 Å². The van der Waals surface area contributed by atoms with Crippen molar-refractivity contribution in [1.29, 1.82) is 0 Å². The number of carbonyl (C=O) groups excluding carboxylic acids is 1. The predicted octanol–water partition coefficient (Wildman–Crippen LogP) is 1.03. The number of rotatable bonds is 3. The Hall–Kier alpha value is -1.53. The normalized spacial score (nSPS) is 9.12. The lowest BCUT2D eigenvalue weighted by molar-refractivity contribution is 0.252. The van der Waals surface area contributed by atoms with E-state index >= 15 is 0 Å². The van der Waals surface area contributed by atoms with Gasteiger partial charge >= 0.3 is 6.03 Å². The molecule has 0 spiro atoms. The average Bonchev–Trinajstić information content (AvgIpc) is 2.20. The first-order valence-electron chi connectivity index (χ1n) is 4.37. The van der Waals surface area contributed by atoms with Gasteiger partial charge in [-0.2, -0.15) is 0 Å². The van der Waals surface area contributed by atoms with E-state index in [1.54, 1.807) is 0 Å². The molecule has 1 aromatic rings. The fourth-order valence-electron chi connectivity index (χ4n) is 0.946. The maximum absolute atomic E-state index is 12.8. The summed E-state index contributed by atoms with van der Waals surface area (Å²) in [5.74, 6) is -1.24. The zero-order valence-electron chi connectivity index (χ0n) is 8.37. The van der Waals surface area contributed by atoms with Crippen LogP contribution in [-0.2, 0) is 0 Å². The molecule has 0 fully saturated rings. The number of halogens is 2. The van der Waals surface area contributed by atoms with Crippen LogP contribution in [-0.4, -0.2) is 24.2 Å². The highest BCUT2D eigenvalue weighted by atomic mass is 35.5. The molecule has 0 saturated carbocycles. The number of hydrogen-bond acceptors (Lipinski definition) is 3.